The summed E-state index contributed by atoms with van der Waals surface area (Å²) in [6.07, 6.45) is 1.38. The van der Waals surface area contributed by atoms with Gasteiger partial charge in [0, 0.05) is 12.5 Å². The molecule has 0 saturated carbocycles. The van der Waals surface area contributed by atoms with Gasteiger partial charge in [-0.1, -0.05) is 35.8 Å². The molecule has 0 unspecified atom stereocenters. The predicted octanol–water partition coefficient (Wildman–Crippen LogP) is 4.34. The number of hydrogen-bond acceptors (Lipinski definition) is 4. The van der Waals surface area contributed by atoms with Crippen molar-refractivity contribution in [3.05, 3.63) is 26.9 Å². The second-order valence-corrected chi connectivity index (χ2v) is 3.40. The summed E-state index contributed by atoms with van der Waals surface area (Å²) in [6.45, 7) is 10.5. The van der Waals surface area contributed by atoms with E-state index in [1.54, 1.807) is 21.1 Å². The van der Waals surface area contributed by atoms with Crippen LogP contribution in [0.2, 0.25) is 0 Å². The van der Waals surface area contributed by atoms with Crippen LogP contribution in [0.3, 0.4) is 0 Å². The monoisotopic (exact) mass is 467 g/mol. The Bertz CT molecular complexity index is 146. The summed E-state index contributed by atoms with van der Waals surface area (Å²) >= 11 is 0. The Morgan fingerprint density at radius 2 is 1.70 bits per heavy atom. The summed E-state index contributed by atoms with van der Waals surface area (Å²) in [7, 11) is 5.79. The minimum atomic E-state index is 0. The third-order valence-electron chi connectivity index (χ3n) is 1.56. The fourth-order valence-electron chi connectivity index (χ4n) is 0.882. The summed E-state index contributed by atoms with van der Waals surface area (Å²) in [6, 6.07) is 0. The fourth-order valence-corrected chi connectivity index (χ4v) is 0.882. The van der Waals surface area contributed by atoms with Gasteiger partial charge in [-0.3, -0.25) is 0 Å². The third kappa shape index (κ3) is 30.8. The average molecular weight is 467 g/mol. The zero-order valence-electron chi connectivity index (χ0n) is 12.3. The van der Waals surface area contributed by atoms with Gasteiger partial charge in [-0.05, 0) is 0 Å². The van der Waals surface area contributed by atoms with Crippen LogP contribution in [0.25, 0.3) is 0 Å². The van der Waals surface area contributed by atoms with Gasteiger partial charge in [-0.2, -0.15) is 6.92 Å². The normalized spacial score (nSPS) is 12.2. The number of aliphatic hydroxyl groups excluding tert-OH is 1. The van der Waals surface area contributed by atoms with E-state index >= 15 is 0 Å². The molecular formula is C15H38O4W. The van der Waals surface area contributed by atoms with Gasteiger partial charge in [0.1, 0.15) is 0 Å². The first-order valence-corrected chi connectivity index (χ1v) is 4.72. The van der Waals surface area contributed by atoms with Crippen molar-refractivity contribution in [2.45, 2.75) is 36.1 Å². The standard InChI is InChI=1S/C6H12O2.C3H6O.C2H5O.3CH4.CH3.W/c1-6(3-7-2)4-8-5-6;1-3-4-2;1-2-3;;;;;/h3-5H2,1-2H3;3H,1H2,2H3;2-3H,1H3;3*1H4;1H3;/q;;-1;;;;-1;+2/i;;;;;;1D;. The number of hydrogen-bond donors (Lipinski definition) is 1. The summed E-state index contributed by atoms with van der Waals surface area (Å²) < 4.78 is 19.8. The van der Waals surface area contributed by atoms with Gasteiger partial charge in [-0.25, -0.2) is 7.98 Å². The summed E-state index contributed by atoms with van der Waals surface area (Å²) in [5.74, 6) is 0. The first-order valence-electron chi connectivity index (χ1n) is 5.43. The first kappa shape index (κ1) is 36.9. The molecule has 128 valence electrons. The maximum absolute atomic E-state index is 7.44. The smallest absolute Gasteiger partial charge is 0.566 e. The van der Waals surface area contributed by atoms with Gasteiger partial charge in [-0.15, -0.1) is 0 Å². The SMILES string of the molecule is C.C.C.C=COC.COCC1(C)COC1.C[CH-]O.[2H][CH2-].[W+2]. The van der Waals surface area contributed by atoms with Crippen molar-refractivity contribution in [1.82, 2.24) is 0 Å². The zero-order valence-corrected chi connectivity index (χ0v) is 14.2. The average Bonchev–Trinajstić information content (AvgIpc) is 2.31. The van der Waals surface area contributed by atoms with Gasteiger partial charge >= 0.3 is 21.1 Å². The molecule has 0 aromatic rings. The predicted molar refractivity (Wildman–Crippen MR) is 86.5 cm³/mol. The molecule has 0 bridgehead atoms. The topological polar surface area (TPSA) is 47.9 Å². The van der Waals surface area contributed by atoms with Gasteiger partial charge in [0.05, 0.1) is 33.2 Å². The molecule has 0 aromatic carbocycles. The van der Waals surface area contributed by atoms with E-state index in [0.717, 1.165) is 26.4 Å². The fraction of sp³-hybridized carbons (Fsp3) is 0.733. The summed E-state index contributed by atoms with van der Waals surface area (Å²) in [5.41, 5.74) is 0.328. The van der Waals surface area contributed by atoms with Crippen LogP contribution in [-0.4, -0.2) is 39.1 Å². The second kappa shape index (κ2) is 31.5. The molecule has 0 spiro atoms. The maximum Gasteiger partial charge on any atom is 2.00 e. The third-order valence-corrected chi connectivity index (χ3v) is 1.56. The molecule has 0 atom stereocenters. The molecule has 1 aliphatic rings. The molecule has 4 nitrogen and oxygen atoms in total. The maximum atomic E-state index is 7.44. The number of rotatable bonds is 3. The van der Waals surface area contributed by atoms with Crippen molar-refractivity contribution in [2.24, 2.45) is 5.41 Å². The number of aliphatic hydroxyl groups is 1. The van der Waals surface area contributed by atoms with E-state index in [0.29, 0.717) is 5.41 Å². The van der Waals surface area contributed by atoms with E-state index in [9.17, 15) is 0 Å². The quantitative estimate of drug-likeness (QED) is 0.496. The van der Waals surface area contributed by atoms with Crippen molar-refractivity contribution >= 4 is 0 Å². The Morgan fingerprint density at radius 3 is 1.75 bits per heavy atom. The Morgan fingerprint density at radius 1 is 1.40 bits per heavy atom. The minimum Gasteiger partial charge on any atom is -0.566 e. The molecule has 0 radical (unpaired) electrons. The van der Waals surface area contributed by atoms with Gasteiger partial charge in [0.2, 0.25) is 0 Å². The largest absolute Gasteiger partial charge is 2.00 e. The Balaban J connectivity index is -0.0000000268. The van der Waals surface area contributed by atoms with E-state index < -0.39 is 0 Å². The minimum absolute atomic E-state index is 0. The van der Waals surface area contributed by atoms with Crippen molar-refractivity contribution in [3.63, 3.8) is 0 Å². The van der Waals surface area contributed by atoms with Crippen molar-refractivity contribution in [1.29, 1.82) is 0 Å². The van der Waals surface area contributed by atoms with Crippen molar-refractivity contribution in [3.8, 4) is 0 Å². The second-order valence-electron chi connectivity index (χ2n) is 3.40. The van der Waals surface area contributed by atoms with E-state index in [2.05, 4.69) is 25.6 Å². The van der Waals surface area contributed by atoms with Crippen LogP contribution in [-0.2, 0) is 35.3 Å². The Hall–Kier alpha value is 0.108. The van der Waals surface area contributed by atoms with Gasteiger partial charge in [0.15, 0.2) is 0 Å². The van der Waals surface area contributed by atoms with Crippen LogP contribution in [0.5, 0.6) is 0 Å². The van der Waals surface area contributed by atoms with E-state index in [1.165, 1.54) is 6.26 Å². The van der Waals surface area contributed by atoms with Gasteiger partial charge < -0.3 is 26.7 Å². The number of ether oxygens (including phenoxy) is 3. The number of methoxy groups -OCH3 is 2. The molecule has 1 fully saturated rings. The Kier molecular flexibility index (Phi) is 58.1. The van der Waals surface area contributed by atoms with E-state index in [1.807, 2.05) is 0 Å². The molecule has 1 aliphatic heterocycles. The Labute approximate surface area is 144 Å². The molecule has 0 aromatic heterocycles. The van der Waals surface area contributed by atoms with Gasteiger partial charge in [0.25, 0.3) is 0 Å². The zero-order chi connectivity index (χ0) is 14.2. The first-order chi connectivity index (χ1) is 8.10. The van der Waals surface area contributed by atoms with Crippen LogP contribution in [0.1, 0.15) is 37.5 Å². The molecule has 0 aliphatic carbocycles. The molecular weight excluding hydrogens is 428 g/mol. The molecule has 0 amide bonds. The molecule has 1 heterocycles. The van der Waals surface area contributed by atoms with Crippen LogP contribution in [0.15, 0.2) is 12.8 Å². The van der Waals surface area contributed by atoms with Crippen molar-refractivity contribution in [2.75, 3.05) is 34.0 Å². The summed E-state index contributed by atoms with van der Waals surface area (Å²) in [5, 5.41) is 7.44. The van der Waals surface area contributed by atoms with E-state index in [-0.39, 0.29) is 43.3 Å². The molecule has 20 heavy (non-hydrogen) atoms. The van der Waals surface area contributed by atoms with Crippen LogP contribution < -0.4 is 0 Å². The van der Waals surface area contributed by atoms with Crippen LogP contribution in [0.4, 0.5) is 0 Å². The molecule has 5 heteroatoms. The molecule has 1 saturated heterocycles. The summed E-state index contributed by atoms with van der Waals surface area (Å²) in [4.78, 5) is 0. The van der Waals surface area contributed by atoms with Crippen molar-refractivity contribution < 1.29 is 41.8 Å². The van der Waals surface area contributed by atoms with E-state index in [4.69, 9.17) is 16.0 Å². The molecule has 1 N–H and O–H groups in total. The van der Waals surface area contributed by atoms with Crippen LogP contribution in [0, 0.1) is 19.4 Å². The van der Waals surface area contributed by atoms with Crippen LogP contribution >= 0.6 is 0 Å². The molecule has 1 rings (SSSR count).